The molecule has 2 amide bonds. The molecule has 0 aliphatic heterocycles. The minimum absolute atomic E-state index is 0.0320. The van der Waals surface area contributed by atoms with Crippen LogP contribution in [0, 0.1) is 12.8 Å². The molecular formula is C21H28N6O3. The normalized spacial score (nSPS) is 21.9. The number of nitrogens with zero attached hydrogens (tertiary/aromatic N) is 4. The van der Waals surface area contributed by atoms with Gasteiger partial charge in [0.05, 0.1) is 17.8 Å². The second kappa shape index (κ2) is 8.41. The van der Waals surface area contributed by atoms with Crippen LogP contribution in [0.25, 0.3) is 0 Å². The Bertz CT molecular complexity index is 908. The fourth-order valence-corrected chi connectivity index (χ4v) is 4.43. The molecule has 9 heteroatoms. The minimum atomic E-state index is -0.822. The highest BCUT2D eigenvalue weighted by molar-refractivity contribution is 5.91. The van der Waals surface area contributed by atoms with Crippen molar-refractivity contribution in [3.05, 3.63) is 35.5 Å². The zero-order chi connectivity index (χ0) is 21.3. The highest BCUT2D eigenvalue weighted by atomic mass is 16.4. The number of amides is 2. The number of carbonyl (C=O) groups excluding carboxylic acids is 1. The van der Waals surface area contributed by atoms with Crippen molar-refractivity contribution >= 4 is 17.8 Å². The van der Waals surface area contributed by atoms with Gasteiger partial charge >= 0.3 is 6.09 Å². The average Bonchev–Trinajstić information content (AvgIpc) is 3.27. The fourth-order valence-electron chi connectivity index (χ4n) is 4.43. The Labute approximate surface area is 175 Å². The van der Waals surface area contributed by atoms with Crippen LogP contribution in [0.5, 0.6) is 0 Å². The highest BCUT2D eigenvalue weighted by Crippen LogP contribution is 2.41. The molecule has 3 N–H and O–H groups in total. The first-order valence-corrected chi connectivity index (χ1v) is 10.5. The number of carbonyl (C=O) groups is 2. The lowest BCUT2D eigenvalue weighted by Crippen LogP contribution is -2.45. The molecule has 2 fully saturated rings. The Morgan fingerprint density at radius 2 is 2.07 bits per heavy atom. The van der Waals surface area contributed by atoms with E-state index >= 15 is 0 Å². The van der Waals surface area contributed by atoms with Gasteiger partial charge in [0.15, 0.2) is 5.82 Å². The maximum Gasteiger partial charge on any atom is 0.407 e. The molecule has 4 rings (SSSR count). The summed E-state index contributed by atoms with van der Waals surface area (Å²) in [7, 11) is 0. The molecule has 0 saturated heterocycles. The SMILES string of the molecule is Cc1cnc(CC(=O)Nc2cc([C@H]3CC[C@@H](N(C(=O)O)[C@H](C)C4CC4)C3)[nH]n2)cn1. The second-order valence-electron chi connectivity index (χ2n) is 8.51. The monoisotopic (exact) mass is 412 g/mol. The van der Waals surface area contributed by atoms with Crippen LogP contribution in [0.3, 0.4) is 0 Å². The minimum Gasteiger partial charge on any atom is -0.465 e. The molecule has 0 aromatic carbocycles. The van der Waals surface area contributed by atoms with Crippen molar-refractivity contribution in [2.45, 2.75) is 70.4 Å². The van der Waals surface area contributed by atoms with Crippen LogP contribution in [-0.2, 0) is 11.2 Å². The molecular weight excluding hydrogens is 384 g/mol. The van der Waals surface area contributed by atoms with Crippen LogP contribution in [-0.4, -0.2) is 54.3 Å². The molecule has 2 aliphatic carbocycles. The average molecular weight is 412 g/mol. The molecule has 0 bridgehead atoms. The quantitative estimate of drug-likeness (QED) is 0.642. The van der Waals surface area contributed by atoms with E-state index in [1.807, 2.05) is 19.9 Å². The second-order valence-corrected chi connectivity index (χ2v) is 8.51. The Balaban J connectivity index is 1.34. The highest BCUT2D eigenvalue weighted by Gasteiger charge is 2.41. The molecule has 0 spiro atoms. The molecule has 2 aliphatic rings. The largest absolute Gasteiger partial charge is 0.465 e. The summed E-state index contributed by atoms with van der Waals surface area (Å²) in [5.41, 5.74) is 2.34. The van der Waals surface area contributed by atoms with Gasteiger partial charge in [-0.1, -0.05) is 0 Å². The molecule has 2 aromatic rings. The number of anilines is 1. The summed E-state index contributed by atoms with van der Waals surface area (Å²) in [6.07, 6.45) is 7.32. The Kier molecular flexibility index (Phi) is 5.69. The summed E-state index contributed by atoms with van der Waals surface area (Å²) < 4.78 is 0. The molecule has 2 saturated carbocycles. The zero-order valence-electron chi connectivity index (χ0n) is 17.3. The molecule has 9 nitrogen and oxygen atoms in total. The molecule has 0 radical (unpaired) electrons. The third-order valence-corrected chi connectivity index (χ3v) is 6.24. The van der Waals surface area contributed by atoms with Crippen molar-refractivity contribution in [1.82, 2.24) is 25.1 Å². The smallest absolute Gasteiger partial charge is 0.407 e. The maximum atomic E-state index is 12.3. The van der Waals surface area contributed by atoms with E-state index in [0.717, 1.165) is 43.5 Å². The zero-order valence-corrected chi connectivity index (χ0v) is 17.3. The van der Waals surface area contributed by atoms with Crippen molar-refractivity contribution < 1.29 is 14.7 Å². The van der Waals surface area contributed by atoms with Gasteiger partial charge in [-0.05, 0) is 51.9 Å². The van der Waals surface area contributed by atoms with Gasteiger partial charge in [0.2, 0.25) is 5.91 Å². The van der Waals surface area contributed by atoms with E-state index in [4.69, 9.17) is 0 Å². The number of carboxylic acid groups (broad SMARTS) is 1. The van der Waals surface area contributed by atoms with Crippen LogP contribution >= 0.6 is 0 Å². The lowest BCUT2D eigenvalue weighted by atomic mass is 10.0. The first-order chi connectivity index (χ1) is 14.4. The molecule has 30 heavy (non-hydrogen) atoms. The lowest BCUT2D eigenvalue weighted by Gasteiger charge is -2.32. The number of aromatic nitrogens is 4. The lowest BCUT2D eigenvalue weighted by molar-refractivity contribution is -0.115. The van der Waals surface area contributed by atoms with Gasteiger partial charge in [-0.15, -0.1) is 0 Å². The number of hydrogen-bond acceptors (Lipinski definition) is 5. The van der Waals surface area contributed by atoms with Gasteiger partial charge in [0, 0.05) is 42.2 Å². The van der Waals surface area contributed by atoms with Crippen LogP contribution < -0.4 is 5.32 Å². The van der Waals surface area contributed by atoms with E-state index in [9.17, 15) is 14.7 Å². The number of aromatic amines is 1. The molecule has 2 aromatic heterocycles. The Hall–Kier alpha value is -2.97. The van der Waals surface area contributed by atoms with Crippen molar-refractivity contribution in [1.29, 1.82) is 0 Å². The summed E-state index contributed by atoms with van der Waals surface area (Å²) in [6, 6.07) is 1.96. The van der Waals surface area contributed by atoms with Crippen molar-refractivity contribution in [2.24, 2.45) is 5.92 Å². The van der Waals surface area contributed by atoms with E-state index in [1.54, 1.807) is 17.3 Å². The van der Waals surface area contributed by atoms with Crippen LogP contribution in [0.4, 0.5) is 10.6 Å². The van der Waals surface area contributed by atoms with Crippen LogP contribution in [0.15, 0.2) is 18.5 Å². The van der Waals surface area contributed by atoms with Crippen LogP contribution in [0.2, 0.25) is 0 Å². The summed E-state index contributed by atoms with van der Waals surface area (Å²) in [5.74, 6) is 0.988. The van der Waals surface area contributed by atoms with Crippen molar-refractivity contribution in [2.75, 3.05) is 5.32 Å². The molecule has 2 heterocycles. The summed E-state index contributed by atoms with van der Waals surface area (Å²) in [6.45, 7) is 3.87. The Morgan fingerprint density at radius 1 is 1.27 bits per heavy atom. The number of hydrogen-bond donors (Lipinski definition) is 3. The third kappa shape index (κ3) is 4.60. The Morgan fingerprint density at radius 3 is 2.73 bits per heavy atom. The first-order valence-electron chi connectivity index (χ1n) is 10.5. The van der Waals surface area contributed by atoms with Crippen LogP contribution in [0.1, 0.15) is 62.0 Å². The van der Waals surface area contributed by atoms with E-state index < -0.39 is 6.09 Å². The van der Waals surface area contributed by atoms with E-state index in [1.165, 1.54) is 0 Å². The number of rotatable bonds is 7. The van der Waals surface area contributed by atoms with Gasteiger partial charge in [0.25, 0.3) is 0 Å². The number of nitrogens with one attached hydrogen (secondary N) is 2. The number of aryl methyl sites for hydroxylation is 1. The number of H-pyrrole nitrogens is 1. The predicted octanol–water partition coefficient (Wildman–Crippen LogP) is 3.10. The summed E-state index contributed by atoms with van der Waals surface area (Å²) >= 11 is 0. The van der Waals surface area contributed by atoms with Gasteiger partial charge in [0.1, 0.15) is 0 Å². The predicted molar refractivity (Wildman–Crippen MR) is 110 cm³/mol. The summed E-state index contributed by atoms with van der Waals surface area (Å²) in [4.78, 5) is 34.1. The van der Waals surface area contributed by atoms with E-state index in [0.29, 0.717) is 17.4 Å². The first kappa shape index (κ1) is 20.3. The van der Waals surface area contributed by atoms with Gasteiger partial charge in [-0.3, -0.25) is 19.9 Å². The topological polar surface area (TPSA) is 124 Å². The van der Waals surface area contributed by atoms with E-state index in [2.05, 4.69) is 25.5 Å². The van der Waals surface area contributed by atoms with Gasteiger partial charge in [-0.2, -0.15) is 5.10 Å². The molecule has 160 valence electrons. The van der Waals surface area contributed by atoms with Crippen molar-refractivity contribution in [3.63, 3.8) is 0 Å². The summed E-state index contributed by atoms with van der Waals surface area (Å²) in [5, 5.41) is 19.7. The standard InChI is InChI=1S/C21H28N6O3/c1-12-10-23-16(11-22-12)8-20(28)24-19-9-18(25-26-19)15-5-6-17(7-15)27(21(29)30)13(2)14-3-4-14/h9-11,13-15,17H,3-8H2,1-2H3,(H,29,30)(H2,24,25,26,28)/t13-,15+,17-/m1/s1. The van der Waals surface area contributed by atoms with Gasteiger partial charge < -0.3 is 15.3 Å². The fraction of sp³-hybridized carbons (Fsp3) is 0.571. The van der Waals surface area contributed by atoms with E-state index in [-0.39, 0.29) is 30.3 Å². The maximum absolute atomic E-state index is 12.3. The van der Waals surface area contributed by atoms with Crippen molar-refractivity contribution in [3.8, 4) is 0 Å². The molecule has 3 atom stereocenters. The third-order valence-electron chi connectivity index (χ3n) is 6.24. The van der Waals surface area contributed by atoms with Gasteiger partial charge in [-0.25, -0.2) is 4.79 Å². The molecule has 0 unspecified atom stereocenters.